The maximum absolute atomic E-state index is 13.8. The van der Waals surface area contributed by atoms with Gasteiger partial charge in [0.2, 0.25) is 0 Å². The molecular weight excluding hydrogens is 260 g/mol. The molecule has 0 bridgehead atoms. The average Bonchev–Trinajstić information content (AvgIpc) is 2.42. The molecule has 102 valence electrons. The molecule has 2 aromatic carbocycles. The number of nitrogens with one attached hydrogen (secondary N) is 1. The van der Waals surface area contributed by atoms with Gasteiger partial charge in [0.25, 0.3) is 0 Å². The van der Waals surface area contributed by atoms with Gasteiger partial charge in [0.1, 0.15) is 5.69 Å². The molecule has 0 aliphatic carbocycles. The van der Waals surface area contributed by atoms with E-state index in [2.05, 4.69) is 5.32 Å². The molecule has 0 saturated heterocycles. The van der Waals surface area contributed by atoms with Crippen molar-refractivity contribution in [2.24, 2.45) is 0 Å². The zero-order valence-corrected chi connectivity index (χ0v) is 11.1. The van der Waals surface area contributed by atoms with Gasteiger partial charge in [-0.15, -0.1) is 0 Å². The summed E-state index contributed by atoms with van der Waals surface area (Å²) in [5, 5.41) is 11.4. The molecule has 2 rings (SSSR count). The monoisotopic (exact) mass is 273 g/mol. The van der Waals surface area contributed by atoms with Crippen LogP contribution in [0.25, 0.3) is 0 Å². The molecule has 0 atom stereocenters. The fraction of sp³-hybridized carbons (Fsp3) is 0.133. The van der Waals surface area contributed by atoms with Crippen LogP contribution in [0.4, 0.5) is 25.8 Å². The van der Waals surface area contributed by atoms with Gasteiger partial charge in [0.05, 0.1) is 23.0 Å². The Morgan fingerprint density at radius 2 is 1.70 bits per heavy atom. The van der Waals surface area contributed by atoms with Crippen LogP contribution < -0.4 is 10.2 Å². The molecule has 2 aromatic rings. The van der Waals surface area contributed by atoms with Crippen LogP contribution in [-0.2, 0) is 0 Å². The number of anilines is 3. The van der Waals surface area contributed by atoms with Crippen LogP contribution in [0, 0.1) is 23.0 Å². The fourth-order valence-corrected chi connectivity index (χ4v) is 1.86. The highest BCUT2D eigenvalue weighted by Crippen LogP contribution is 2.30. The molecule has 0 heterocycles. The summed E-state index contributed by atoms with van der Waals surface area (Å²) in [5.41, 5.74) is 1.07. The molecule has 20 heavy (non-hydrogen) atoms. The molecule has 3 nitrogen and oxygen atoms in total. The zero-order chi connectivity index (χ0) is 14.7. The second kappa shape index (κ2) is 5.57. The lowest BCUT2D eigenvalue weighted by atomic mass is 10.2. The number of benzene rings is 2. The molecule has 0 unspecified atom stereocenters. The minimum atomic E-state index is -0.796. The molecule has 0 fully saturated rings. The number of rotatable bonds is 3. The third-order valence-corrected chi connectivity index (χ3v) is 2.82. The van der Waals surface area contributed by atoms with Crippen LogP contribution in [0.5, 0.6) is 0 Å². The van der Waals surface area contributed by atoms with Gasteiger partial charge in [0.15, 0.2) is 11.6 Å². The maximum Gasteiger partial charge on any atom is 0.150 e. The van der Waals surface area contributed by atoms with Gasteiger partial charge in [-0.2, -0.15) is 5.26 Å². The molecule has 0 spiro atoms. The Kier molecular flexibility index (Phi) is 3.85. The van der Waals surface area contributed by atoms with Crippen molar-refractivity contribution in [3.8, 4) is 6.07 Å². The van der Waals surface area contributed by atoms with E-state index in [4.69, 9.17) is 5.26 Å². The molecule has 0 amide bonds. The lowest BCUT2D eigenvalue weighted by molar-refractivity contribution is 0.590. The minimum absolute atomic E-state index is 0.0496. The first-order chi connectivity index (χ1) is 9.52. The van der Waals surface area contributed by atoms with E-state index < -0.39 is 11.6 Å². The van der Waals surface area contributed by atoms with Gasteiger partial charge in [-0.25, -0.2) is 8.78 Å². The van der Waals surface area contributed by atoms with E-state index in [1.165, 1.54) is 0 Å². The zero-order valence-electron chi connectivity index (χ0n) is 11.1. The number of nitriles is 1. The predicted octanol–water partition coefficient (Wildman–Crippen LogP) is 3.65. The Bertz CT molecular complexity index is 652. The van der Waals surface area contributed by atoms with Gasteiger partial charge < -0.3 is 10.2 Å². The number of hydrogen-bond acceptors (Lipinski definition) is 3. The van der Waals surface area contributed by atoms with Crippen molar-refractivity contribution in [1.29, 1.82) is 5.26 Å². The Morgan fingerprint density at radius 3 is 2.25 bits per heavy atom. The van der Waals surface area contributed by atoms with Crippen molar-refractivity contribution < 1.29 is 8.78 Å². The quantitative estimate of drug-likeness (QED) is 0.927. The van der Waals surface area contributed by atoms with Crippen molar-refractivity contribution in [2.75, 3.05) is 24.3 Å². The SMILES string of the molecule is CN(C)c1ccccc1Nc1c(F)cc(C#N)cc1F. The highest BCUT2D eigenvalue weighted by molar-refractivity contribution is 5.75. The van der Waals surface area contributed by atoms with Crippen LogP contribution in [0.15, 0.2) is 36.4 Å². The normalized spacial score (nSPS) is 9.95. The topological polar surface area (TPSA) is 39.1 Å². The van der Waals surface area contributed by atoms with E-state index in [0.717, 1.165) is 17.8 Å². The predicted molar refractivity (Wildman–Crippen MR) is 75.1 cm³/mol. The van der Waals surface area contributed by atoms with E-state index in [1.807, 2.05) is 31.1 Å². The van der Waals surface area contributed by atoms with Crippen LogP contribution in [-0.4, -0.2) is 14.1 Å². The molecular formula is C15H13F2N3. The summed E-state index contributed by atoms with van der Waals surface area (Å²) in [7, 11) is 3.68. The highest BCUT2D eigenvalue weighted by atomic mass is 19.1. The van der Waals surface area contributed by atoms with Crippen LogP contribution >= 0.6 is 0 Å². The van der Waals surface area contributed by atoms with E-state index >= 15 is 0 Å². The van der Waals surface area contributed by atoms with Crippen molar-refractivity contribution in [3.63, 3.8) is 0 Å². The van der Waals surface area contributed by atoms with Crippen molar-refractivity contribution >= 4 is 17.1 Å². The number of hydrogen-bond donors (Lipinski definition) is 1. The lowest BCUT2D eigenvalue weighted by Gasteiger charge is -2.19. The molecule has 5 heteroatoms. The van der Waals surface area contributed by atoms with Crippen LogP contribution in [0.2, 0.25) is 0 Å². The summed E-state index contributed by atoms with van der Waals surface area (Å²) >= 11 is 0. The molecule has 0 aliphatic rings. The van der Waals surface area contributed by atoms with Gasteiger partial charge in [-0.1, -0.05) is 12.1 Å². The first-order valence-electron chi connectivity index (χ1n) is 5.95. The van der Waals surface area contributed by atoms with Gasteiger partial charge in [-0.3, -0.25) is 0 Å². The average molecular weight is 273 g/mol. The standard InChI is InChI=1S/C15H13F2N3/c1-20(2)14-6-4-3-5-13(14)19-15-11(16)7-10(9-18)8-12(15)17/h3-8,19H,1-2H3. The molecule has 0 aromatic heterocycles. The van der Waals surface area contributed by atoms with E-state index in [0.29, 0.717) is 5.69 Å². The molecule has 1 N–H and O–H groups in total. The van der Waals surface area contributed by atoms with E-state index in [1.54, 1.807) is 18.2 Å². The highest BCUT2D eigenvalue weighted by Gasteiger charge is 2.13. The van der Waals surface area contributed by atoms with Crippen LogP contribution in [0.3, 0.4) is 0 Å². The minimum Gasteiger partial charge on any atom is -0.376 e. The van der Waals surface area contributed by atoms with E-state index in [9.17, 15) is 8.78 Å². The Labute approximate surface area is 116 Å². The van der Waals surface area contributed by atoms with Gasteiger partial charge in [-0.05, 0) is 24.3 Å². The number of halogens is 2. The summed E-state index contributed by atoms with van der Waals surface area (Å²) in [6, 6.07) is 10.9. The number of nitrogens with zero attached hydrogens (tertiary/aromatic N) is 2. The largest absolute Gasteiger partial charge is 0.376 e. The van der Waals surface area contributed by atoms with Gasteiger partial charge >= 0.3 is 0 Å². The summed E-state index contributed by atoms with van der Waals surface area (Å²) < 4.78 is 27.7. The third-order valence-electron chi connectivity index (χ3n) is 2.82. The molecule has 0 saturated carbocycles. The molecule has 0 radical (unpaired) electrons. The first kappa shape index (κ1) is 13.8. The summed E-state index contributed by atoms with van der Waals surface area (Å²) in [6.07, 6.45) is 0. The van der Waals surface area contributed by atoms with Crippen molar-refractivity contribution in [3.05, 3.63) is 53.6 Å². The summed E-state index contributed by atoms with van der Waals surface area (Å²) in [6.45, 7) is 0. The summed E-state index contributed by atoms with van der Waals surface area (Å²) in [5.74, 6) is -1.59. The Morgan fingerprint density at radius 1 is 1.10 bits per heavy atom. The molecule has 0 aliphatic heterocycles. The fourth-order valence-electron chi connectivity index (χ4n) is 1.86. The second-order valence-corrected chi connectivity index (χ2v) is 4.46. The summed E-state index contributed by atoms with van der Waals surface area (Å²) in [4.78, 5) is 1.84. The van der Waals surface area contributed by atoms with Crippen molar-refractivity contribution in [2.45, 2.75) is 0 Å². The smallest absolute Gasteiger partial charge is 0.150 e. The van der Waals surface area contributed by atoms with Crippen molar-refractivity contribution in [1.82, 2.24) is 0 Å². The second-order valence-electron chi connectivity index (χ2n) is 4.46. The van der Waals surface area contributed by atoms with E-state index in [-0.39, 0.29) is 11.3 Å². The number of para-hydroxylation sites is 2. The van der Waals surface area contributed by atoms with Crippen LogP contribution in [0.1, 0.15) is 5.56 Å². The lowest BCUT2D eigenvalue weighted by Crippen LogP contribution is -2.11. The van der Waals surface area contributed by atoms with Gasteiger partial charge in [0, 0.05) is 14.1 Å². The Balaban J connectivity index is 2.44. The maximum atomic E-state index is 13.8. The first-order valence-corrected chi connectivity index (χ1v) is 5.95. The third kappa shape index (κ3) is 2.69. The Hall–Kier alpha value is -2.61.